The smallest absolute Gasteiger partial charge is 0.120 e. The molecule has 0 spiro atoms. The van der Waals surface area contributed by atoms with E-state index in [9.17, 15) is 0 Å². The number of piperidine rings is 1. The zero-order valence-electron chi connectivity index (χ0n) is 11.6. The predicted molar refractivity (Wildman–Crippen MR) is 76.2 cm³/mol. The van der Waals surface area contributed by atoms with Gasteiger partial charge in [-0.05, 0) is 51.3 Å². The van der Waals surface area contributed by atoms with Crippen molar-refractivity contribution in [3.05, 3.63) is 24.3 Å². The van der Waals surface area contributed by atoms with Gasteiger partial charge in [-0.3, -0.25) is 0 Å². The van der Waals surface area contributed by atoms with Gasteiger partial charge in [0.05, 0.1) is 7.11 Å². The molecule has 1 unspecified atom stereocenters. The van der Waals surface area contributed by atoms with Gasteiger partial charge in [-0.1, -0.05) is 6.07 Å². The number of nitrogens with two attached hydrogens (primary N) is 1. The normalized spacial score (nSPS) is 22.9. The molecule has 1 saturated heterocycles. The summed E-state index contributed by atoms with van der Waals surface area (Å²) in [4.78, 5) is 2.47. The fraction of sp³-hybridized carbons (Fsp3) is 0.600. The van der Waals surface area contributed by atoms with Crippen LogP contribution < -0.4 is 15.4 Å². The van der Waals surface area contributed by atoms with E-state index < -0.39 is 0 Å². The molecule has 100 valence electrons. The molecule has 1 aromatic carbocycles. The van der Waals surface area contributed by atoms with Crippen LogP contribution in [0.15, 0.2) is 24.3 Å². The van der Waals surface area contributed by atoms with E-state index in [-0.39, 0.29) is 5.54 Å². The summed E-state index contributed by atoms with van der Waals surface area (Å²) >= 11 is 0. The third kappa shape index (κ3) is 2.61. The third-order valence-corrected chi connectivity index (χ3v) is 4.03. The van der Waals surface area contributed by atoms with Gasteiger partial charge in [0.15, 0.2) is 0 Å². The SMILES string of the molecule is COc1cccc(N2CC(CN)CCC2(C)C)c1. The first-order chi connectivity index (χ1) is 8.56. The Kier molecular flexibility index (Phi) is 3.81. The van der Waals surface area contributed by atoms with E-state index >= 15 is 0 Å². The first kappa shape index (κ1) is 13.2. The van der Waals surface area contributed by atoms with Gasteiger partial charge >= 0.3 is 0 Å². The average Bonchev–Trinajstić information content (AvgIpc) is 2.38. The molecule has 0 radical (unpaired) electrons. The van der Waals surface area contributed by atoms with Gasteiger partial charge < -0.3 is 15.4 Å². The Morgan fingerprint density at radius 3 is 2.89 bits per heavy atom. The van der Waals surface area contributed by atoms with Gasteiger partial charge in [0.2, 0.25) is 0 Å². The van der Waals surface area contributed by atoms with Gasteiger partial charge in [-0.25, -0.2) is 0 Å². The number of nitrogens with zero attached hydrogens (tertiary/aromatic N) is 1. The summed E-state index contributed by atoms with van der Waals surface area (Å²) in [7, 11) is 1.71. The van der Waals surface area contributed by atoms with Crippen molar-refractivity contribution in [1.29, 1.82) is 0 Å². The van der Waals surface area contributed by atoms with Crippen LogP contribution in [0.25, 0.3) is 0 Å². The highest BCUT2D eigenvalue weighted by molar-refractivity contribution is 5.53. The van der Waals surface area contributed by atoms with Crippen LogP contribution in [0.2, 0.25) is 0 Å². The van der Waals surface area contributed by atoms with Crippen LogP contribution in [0, 0.1) is 5.92 Å². The molecule has 1 aliphatic rings. The van der Waals surface area contributed by atoms with Crippen LogP contribution in [-0.4, -0.2) is 25.7 Å². The Morgan fingerprint density at radius 1 is 1.44 bits per heavy atom. The minimum atomic E-state index is 0.192. The Bertz CT molecular complexity index is 403. The maximum atomic E-state index is 5.84. The highest BCUT2D eigenvalue weighted by Gasteiger charge is 2.33. The monoisotopic (exact) mass is 248 g/mol. The second kappa shape index (κ2) is 5.19. The molecule has 0 aliphatic carbocycles. The molecule has 1 fully saturated rings. The molecule has 3 heteroatoms. The van der Waals surface area contributed by atoms with Crippen molar-refractivity contribution in [3.8, 4) is 5.75 Å². The van der Waals surface area contributed by atoms with Gasteiger partial charge in [0.1, 0.15) is 5.75 Å². The van der Waals surface area contributed by atoms with Gasteiger partial charge in [-0.2, -0.15) is 0 Å². The molecule has 3 nitrogen and oxygen atoms in total. The number of rotatable bonds is 3. The van der Waals surface area contributed by atoms with Gasteiger partial charge in [-0.15, -0.1) is 0 Å². The summed E-state index contributed by atoms with van der Waals surface area (Å²) in [6, 6.07) is 8.31. The second-order valence-corrected chi connectivity index (χ2v) is 5.76. The lowest BCUT2D eigenvalue weighted by Gasteiger charge is -2.47. The van der Waals surface area contributed by atoms with E-state index in [0.29, 0.717) is 5.92 Å². The number of anilines is 1. The quantitative estimate of drug-likeness (QED) is 0.893. The predicted octanol–water partition coefficient (Wildman–Crippen LogP) is 2.65. The average molecular weight is 248 g/mol. The fourth-order valence-electron chi connectivity index (χ4n) is 2.71. The Hall–Kier alpha value is -1.22. The first-order valence-corrected chi connectivity index (χ1v) is 6.68. The van der Waals surface area contributed by atoms with E-state index in [1.54, 1.807) is 7.11 Å². The van der Waals surface area contributed by atoms with Crippen LogP contribution in [-0.2, 0) is 0 Å². The fourth-order valence-corrected chi connectivity index (χ4v) is 2.71. The zero-order valence-corrected chi connectivity index (χ0v) is 11.6. The Balaban J connectivity index is 2.27. The number of hydrogen-bond donors (Lipinski definition) is 1. The molecule has 0 bridgehead atoms. The Labute approximate surface area is 110 Å². The molecule has 1 atom stereocenters. The molecule has 1 aliphatic heterocycles. The topological polar surface area (TPSA) is 38.5 Å². The minimum absolute atomic E-state index is 0.192. The van der Waals surface area contributed by atoms with Gasteiger partial charge in [0.25, 0.3) is 0 Å². The first-order valence-electron chi connectivity index (χ1n) is 6.68. The second-order valence-electron chi connectivity index (χ2n) is 5.76. The molecular weight excluding hydrogens is 224 g/mol. The maximum Gasteiger partial charge on any atom is 0.120 e. The van der Waals surface area contributed by atoms with Crippen LogP contribution in [0.1, 0.15) is 26.7 Å². The summed E-state index contributed by atoms with van der Waals surface area (Å²) in [6.07, 6.45) is 2.41. The maximum absolute atomic E-state index is 5.84. The Morgan fingerprint density at radius 2 is 2.22 bits per heavy atom. The standard InChI is InChI=1S/C15H24N2O/c1-15(2)8-7-12(10-16)11-17(15)13-5-4-6-14(9-13)18-3/h4-6,9,12H,7-8,10-11,16H2,1-3H3. The van der Waals surface area contributed by atoms with E-state index in [0.717, 1.165) is 18.8 Å². The molecule has 2 rings (SSSR count). The number of hydrogen-bond acceptors (Lipinski definition) is 3. The van der Waals surface area contributed by atoms with Crippen molar-refractivity contribution >= 4 is 5.69 Å². The lowest BCUT2D eigenvalue weighted by molar-refractivity contribution is 0.294. The molecular formula is C15H24N2O. The molecule has 1 aromatic rings. The largest absolute Gasteiger partial charge is 0.497 e. The van der Waals surface area contributed by atoms with Crippen molar-refractivity contribution in [2.45, 2.75) is 32.2 Å². The molecule has 0 saturated carbocycles. The van der Waals surface area contributed by atoms with Crippen LogP contribution >= 0.6 is 0 Å². The van der Waals surface area contributed by atoms with E-state index in [4.69, 9.17) is 10.5 Å². The van der Waals surface area contributed by atoms with Crippen molar-refractivity contribution in [3.63, 3.8) is 0 Å². The van der Waals surface area contributed by atoms with E-state index in [1.165, 1.54) is 18.5 Å². The molecule has 0 aromatic heterocycles. The van der Waals surface area contributed by atoms with E-state index in [2.05, 4.69) is 36.9 Å². The van der Waals surface area contributed by atoms with E-state index in [1.807, 2.05) is 6.07 Å². The van der Waals surface area contributed by atoms with Crippen molar-refractivity contribution in [1.82, 2.24) is 0 Å². The highest BCUT2D eigenvalue weighted by atomic mass is 16.5. The summed E-state index contributed by atoms with van der Waals surface area (Å²) in [5, 5.41) is 0. The minimum Gasteiger partial charge on any atom is -0.497 e. The zero-order chi connectivity index (χ0) is 13.2. The lowest BCUT2D eigenvalue weighted by Crippen LogP contribution is -2.51. The summed E-state index contributed by atoms with van der Waals surface area (Å²) in [6.45, 7) is 6.42. The lowest BCUT2D eigenvalue weighted by atomic mass is 9.84. The molecule has 1 heterocycles. The van der Waals surface area contributed by atoms with Crippen molar-refractivity contribution < 1.29 is 4.74 Å². The number of benzene rings is 1. The molecule has 2 N–H and O–H groups in total. The van der Waals surface area contributed by atoms with Crippen LogP contribution in [0.3, 0.4) is 0 Å². The summed E-state index contributed by atoms with van der Waals surface area (Å²) < 4.78 is 5.32. The molecule has 18 heavy (non-hydrogen) atoms. The summed E-state index contributed by atoms with van der Waals surface area (Å²) in [5.41, 5.74) is 7.26. The number of ether oxygens (including phenoxy) is 1. The number of methoxy groups -OCH3 is 1. The van der Waals surface area contributed by atoms with Gasteiger partial charge in [0, 0.05) is 23.8 Å². The van der Waals surface area contributed by atoms with Crippen LogP contribution in [0.4, 0.5) is 5.69 Å². The highest BCUT2D eigenvalue weighted by Crippen LogP contribution is 2.35. The van der Waals surface area contributed by atoms with Crippen molar-refractivity contribution in [2.75, 3.05) is 25.1 Å². The summed E-state index contributed by atoms with van der Waals surface area (Å²) in [5.74, 6) is 1.52. The van der Waals surface area contributed by atoms with Crippen LogP contribution in [0.5, 0.6) is 5.75 Å². The molecule has 0 amide bonds. The third-order valence-electron chi connectivity index (χ3n) is 4.03. The van der Waals surface area contributed by atoms with Crippen molar-refractivity contribution in [2.24, 2.45) is 11.7 Å².